The molecule has 112 valence electrons. The second-order valence-corrected chi connectivity index (χ2v) is 4.54. The van der Waals surface area contributed by atoms with Crippen molar-refractivity contribution < 1.29 is 19.6 Å². The van der Waals surface area contributed by atoms with Crippen LogP contribution in [0.2, 0.25) is 0 Å². The second kappa shape index (κ2) is 6.04. The van der Waals surface area contributed by atoms with Gasteiger partial charge in [0.1, 0.15) is 0 Å². The summed E-state index contributed by atoms with van der Waals surface area (Å²) in [7, 11) is 0. The van der Waals surface area contributed by atoms with E-state index >= 15 is 0 Å². The number of amides is 1. The van der Waals surface area contributed by atoms with E-state index in [1.807, 2.05) is 0 Å². The predicted molar refractivity (Wildman–Crippen MR) is 79.2 cm³/mol. The van der Waals surface area contributed by atoms with E-state index in [4.69, 9.17) is 5.11 Å². The molecule has 2 rings (SSSR count). The molecule has 2 aromatic rings. The van der Waals surface area contributed by atoms with E-state index in [2.05, 4.69) is 5.32 Å². The summed E-state index contributed by atoms with van der Waals surface area (Å²) in [6.07, 6.45) is 0. The molecule has 0 aromatic heterocycles. The first-order valence-electron chi connectivity index (χ1n) is 6.29. The van der Waals surface area contributed by atoms with Crippen molar-refractivity contribution in [1.82, 2.24) is 0 Å². The highest BCUT2D eigenvalue weighted by molar-refractivity contribution is 6.05. The van der Waals surface area contributed by atoms with Gasteiger partial charge in [-0.15, -0.1) is 0 Å². The van der Waals surface area contributed by atoms with E-state index in [0.29, 0.717) is 11.3 Å². The van der Waals surface area contributed by atoms with Gasteiger partial charge in [-0.05, 0) is 37.3 Å². The highest BCUT2D eigenvalue weighted by atomic mass is 16.6. The van der Waals surface area contributed by atoms with Gasteiger partial charge < -0.3 is 10.4 Å². The van der Waals surface area contributed by atoms with Gasteiger partial charge in [0.15, 0.2) is 0 Å². The first-order valence-corrected chi connectivity index (χ1v) is 6.29. The summed E-state index contributed by atoms with van der Waals surface area (Å²) in [6.45, 7) is 1.54. The summed E-state index contributed by atoms with van der Waals surface area (Å²) in [5.41, 5.74) is 0.933. The molecule has 0 bridgehead atoms. The van der Waals surface area contributed by atoms with Crippen molar-refractivity contribution in [2.45, 2.75) is 6.92 Å². The molecule has 2 aromatic carbocycles. The van der Waals surface area contributed by atoms with E-state index in [9.17, 15) is 19.7 Å². The van der Waals surface area contributed by atoms with Gasteiger partial charge in [-0.25, -0.2) is 4.79 Å². The van der Waals surface area contributed by atoms with E-state index < -0.39 is 16.8 Å². The third-order valence-corrected chi connectivity index (χ3v) is 3.14. The molecule has 2 N–H and O–H groups in total. The summed E-state index contributed by atoms with van der Waals surface area (Å²) in [6, 6.07) is 9.79. The van der Waals surface area contributed by atoms with Gasteiger partial charge >= 0.3 is 5.97 Å². The average molecular weight is 300 g/mol. The molecule has 0 heterocycles. The largest absolute Gasteiger partial charge is 0.478 e. The lowest BCUT2D eigenvalue weighted by Gasteiger charge is -2.08. The van der Waals surface area contributed by atoms with E-state index in [-0.39, 0.29) is 16.8 Å². The van der Waals surface area contributed by atoms with Gasteiger partial charge in [0.05, 0.1) is 21.7 Å². The van der Waals surface area contributed by atoms with Crippen molar-refractivity contribution in [1.29, 1.82) is 0 Å². The van der Waals surface area contributed by atoms with Crippen LogP contribution in [0, 0.1) is 17.0 Å². The molecule has 0 fully saturated rings. The molecule has 0 saturated heterocycles. The number of benzene rings is 2. The minimum atomic E-state index is -1.08. The Hall–Kier alpha value is -3.22. The van der Waals surface area contributed by atoms with E-state index in [1.54, 1.807) is 13.0 Å². The average Bonchev–Trinajstić information content (AvgIpc) is 2.49. The number of nitro benzene ring substituents is 1. The molecule has 0 aliphatic heterocycles. The number of hydrogen-bond donors (Lipinski definition) is 2. The van der Waals surface area contributed by atoms with Gasteiger partial charge in [0, 0.05) is 11.6 Å². The van der Waals surface area contributed by atoms with Crippen LogP contribution in [-0.4, -0.2) is 21.9 Å². The Balaban J connectivity index is 2.24. The first-order chi connectivity index (χ1) is 10.4. The van der Waals surface area contributed by atoms with Crippen LogP contribution in [0.25, 0.3) is 0 Å². The number of carboxylic acid groups (broad SMARTS) is 1. The highest BCUT2D eigenvalue weighted by Crippen LogP contribution is 2.25. The third-order valence-electron chi connectivity index (χ3n) is 3.14. The fourth-order valence-electron chi connectivity index (χ4n) is 1.92. The lowest BCUT2D eigenvalue weighted by Crippen LogP contribution is -2.13. The standard InChI is InChI=1S/C15H12N2O5/c1-9-12(3-2-4-13(9)17(21)22)16-14(18)10-5-7-11(8-6-10)15(19)20/h2-8H,1H3,(H,16,18)(H,19,20). The van der Waals surface area contributed by atoms with Crippen molar-refractivity contribution in [3.63, 3.8) is 0 Å². The molecule has 0 spiro atoms. The number of anilines is 1. The Morgan fingerprint density at radius 1 is 1.09 bits per heavy atom. The summed E-state index contributed by atoms with van der Waals surface area (Å²) in [5, 5.41) is 22.3. The first kappa shape index (κ1) is 15.2. The number of rotatable bonds is 4. The zero-order valence-corrected chi connectivity index (χ0v) is 11.6. The quantitative estimate of drug-likeness (QED) is 0.666. The Labute approximate surface area is 125 Å². The zero-order valence-electron chi connectivity index (χ0n) is 11.6. The number of aromatic carboxylic acids is 1. The minimum absolute atomic E-state index is 0.0723. The molecule has 0 radical (unpaired) electrons. The number of hydrogen-bond acceptors (Lipinski definition) is 4. The topological polar surface area (TPSA) is 110 Å². The van der Waals surface area contributed by atoms with Gasteiger partial charge in [0.2, 0.25) is 0 Å². The lowest BCUT2D eigenvalue weighted by molar-refractivity contribution is -0.385. The fourth-order valence-corrected chi connectivity index (χ4v) is 1.92. The normalized spacial score (nSPS) is 10.0. The number of nitrogens with zero attached hydrogens (tertiary/aromatic N) is 1. The Bertz CT molecular complexity index is 753. The van der Waals surface area contributed by atoms with E-state index in [1.165, 1.54) is 36.4 Å². The molecule has 0 atom stereocenters. The van der Waals surface area contributed by atoms with Gasteiger partial charge in [-0.2, -0.15) is 0 Å². The number of nitrogens with one attached hydrogen (secondary N) is 1. The van der Waals surface area contributed by atoms with Crippen LogP contribution in [0.1, 0.15) is 26.3 Å². The van der Waals surface area contributed by atoms with Crippen LogP contribution in [0.5, 0.6) is 0 Å². The number of nitro groups is 1. The SMILES string of the molecule is Cc1c(NC(=O)c2ccc(C(=O)O)cc2)cccc1[N+](=O)[O-]. The zero-order chi connectivity index (χ0) is 16.3. The molecule has 0 saturated carbocycles. The Morgan fingerprint density at radius 3 is 2.23 bits per heavy atom. The Morgan fingerprint density at radius 2 is 1.68 bits per heavy atom. The molecule has 7 heteroatoms. The highest BCUT2D eigenvalue weighted by Gasteiger charge is 2.15. The molecule has 22 heavy (non-hydrogen) atoms. The van der Waals surface area contributed by atoms with Crippen molar-refractivity contribution in [3.8, 4) is 0 Å². The van der Waals surface area contributed by atoms with Gasteiger partial charge in [-0.1, -0.05) is 6.07 Å². The molecule has 1 amide bonds. The minimum Gasteiger partial charge on any atom is -0.478 e. The number of carbonyl (C=O) groups is 2. The molecule has 0 unspecified atom stereocenters. The van der Waals surface area contributed by atoms with Crippen LogP contribution in [-0.2, 0) is 0 Å². The number of carbonyl (C=O) groups excluding carboxylic acids is 1. The smallest absolute Gasteiger partial charge is 0.335 e. The molecule has 0 aliphatic carbocycles. The van der Waals surface area contributed by atoms with Crippen LogP contribution in [0.15, 0.2) is 42.5 Å². The van der Waals surface area contributed by atoms with Gasteiger partial charge in [-0.3, -0.25) is 14.9 Å². The molecule has 0 aliphatic rings. The third kappa shape index (κ3) is 3.09. The van der Waals surface area contributed by atoms with Crippen molar-refractivity contribution in [2.75, 3.05) is 5.32 Å². The summed E-state index contributed by atoms with van der Waals surface area (Å²) in [4.78, 5) is 33.2. The molecule has 7 nitrogen and oxygen atoms in total. The lowest BCUT2D eigenvalue weighted by atomic mass is 10.1. The molecular weight excluding hydrogens is 288 g/mol. The summed E-state index contributed by atoms with van der Waals surface area (Å²) in [5.74, 6) is -1.55. The van der Waals surface area contributed by atoms with Gasteiger partial charge in [0.25, 0.3) is 11.6 Å². The fraction of sp³-hybridized carbons (Fsp3) is 0.0667. The maximum absolute atomic E-state index is 12.1. The second-order valence-electron chi connectivity index (χ2n) is 4.54. The van der Waals surface area contributed by atoms with Crippen molar-refractivity contribution >= 4 is 23.3 Å². The summed E-state index contributed by atoms with van der Waals surface area (Å²) >= 11 is 0. The maximum atomic E-state index is 12.1. The monoisotopic (exact) mass is 300 g/mol. The van der Waals surface area contributed by atoms with Crippen molar-refractivity contribution in [2.24, 2.45) is 0 Å². The van der Waals surface area contributed by atoms with Crippen LogP contribution in [0.3, 0.4) is 0 Å². The Kier molecular flexibility index (Phi) is 4.17. The van der Waals surface area contributed by atoms with Crippen LogP contribution < -0.4 is 5.32 Å². The van der Waals surface area contributed by atoms with E-state index in [0.717, 1.165) is 0 Å². The summed E-state index contributed by atoms with van der Waals surface area (Å²) < 4.78 is 0. The molecular formula is C15H12N2O5. The number of carboxylic acids is 1. The van der Waals surface area contributed by atoms with Crippen LogP contribution >= 0.6 is 0 Å². The predicted octanol–water partition coefficient (Wildman–Crippen LogP) is 2.85. The van der Waals surface area contributed by atoms with Crippen molar-refractivity contribution in [3.05, 3.63) is 69.3 Å². The van der Waals surface area contributed by atoms with Crippen LogP contribution in [0.4, 0.5) is 11.4 Å². The maximum Gasteiger partial charge on any atom is 0.335 e.